The molecule has 0 bridgehead atoms. The molecule has 1 aliphatic heterocycles. The summed E-state index contributed by atoms with van der Waals surface area (Å²) >= 11 is 1.40. The van der Waals surface area contributed by atoms with Gasteiger partial charge in [0, 0.05) is 19.4 Å². The molecule has 5 nitrogen and oxygen atoms in total. The van der Waals surface area contributed by atoms with Gasteiger partial charge in [0.05, 0.1) is 17.7 Å². The van der Waals surface area contributed by atoms with Gasteiger partial charge in [-0.2, -0.15) is 0 Å². The number of aryl methyl sites for hydroxylation is 2. The van der Waals surface area contributed by atoms with E-state index in [0.29, 0.717) is 19.0 Å². The van der Waals surface area contributed by atoms with Gasteiger partial charge in [-0.1, -0.05) is 13.8 Å². The molecule has 6 heteroatoms. The molecule has 0 N–H and O–H groups in total. The summed E-state index contributed by atoms with van der Waals surface area (Å²) in [5, 5.41) is 0. The number of aromatic nitrogens is 2. The molecule has 118 valence electrons. The average Bonchev–Trinajstić information content (AvgIpc) is 3.09. The number of oxazole rings is 1. The van der Waals surface area contributed by atoms with Crippen molar-refractivity contribution in [1.29, 1.82) is 0 Å². The van der Waals surface area contributed by atoms with E-state index in [-0.39, 0.29) is 5.91 Å². The molecule has 22 heavy (non-hydrogen) atoms. The Morgan fingerprint density at radius 2 is 2.32 bits per heavy atom. The van der Waals surface area contributed by atoms with Gasteiger partial charge in [-0.15, -0.1) is 11.3 Å². The predicted molar refractivity (Wildman–Crippen MR) is 85.0 cm³/mol. The first-order valence-electron chi connectivity index (χ1n) is 7.71. The highest BCUT2D eigenvalue weighted by atomic mass is 32.1. The van der Waals surface area contributed by atoms with Crippen molar-refractivity contribution in [1.82, 2.24) is 14.9 Å². The van der Waals surface area contributed by atoms with Crippen LogP contribution in [0.3, 0.4) is 0 Å². The van der Waals surface area contributed by atoms with Crippen LogP contribution in [-0.2, 0) is 19.4 Å². The summed E-state index contributed by atoms with van der Waals surface area (Å²) in [5.74, 6) is 2.44. The van der Waals surface area contributed by atoms with Gasteiger partial charge in [0.25, 0.3) is 5.91 Å². The molecule has 0 saturated heterocycles. The average molecular weight is 319 g/mol. The first kappa shape index (κ1) is 15.2. The summed E-state index contributed by atoms with van der Waals surface area (Å²) in [6.45, 7) is 7.49. The molecular weight excluding hydrogens is 298 g/mol. The number of carbonyl (C=O) groups is 1. The van der Waals surface area contributed by atoms with Crippen molar-refractivity contribution in [3.8, 4) is 0 Å². The SMILES string of the molecule is Cc1ncsc1C(=O)N1CCc2oc(CCC(C)C)nc2C1. The summed E-state index contributed by atoms with van der Waals surface area (Å²) in [4.78, 5) is 23.9. The van der Waals surface area contributed by atoms with Gasteiger partial charge in [-0.3, -0.25) is 4.79 Å². The van der Waals surface area contributed by atoms with E-state index < -0.39 is 0 Å². The number of fused-ring (bicyclic) bond motifs is 1. The molecule has 2 aromatic rings. The molecule has 3 rings (SSSR count). The fourth-order valence-corrected chi connectivity index (χ4v) is 3.36. The van der Waals surface area contributed by atoms with Crippen molar-refractivity contribution in [2.45, 2.75) is 46.6 Å². The number of nitrogens with zero attached hydrogens (tertiary/aromatic N) is 3. The third kappa shape index (κ3) is 3.06. The van der Waals surface area contributed by atoms with Crippen molar-refractivity contribution in [2.24, 2.45) is 5.92 Å². The third-order valence-corrected chi connectivity index (χ3v) is 4.85. The zero-order chi connectivity index (χ0) is 15.7. The van der Waals surface area contributed by atoms with Crippen LogP contribution in [0, 0.1) is 12.8 Å². The molecule has 2 aromatic heterocycles. The number of hydrogen-bond donors (Lipinski definition) is 0. The maximum atomic E-state index is 12.6. The number of amides is 1. The quantitative estimate of drug-likeness (QED) is 0.868. The van der Waals surface area contributed by atoms with E-state index in [9.17, 15) is 4.79 Å². The van der Waals surface area contributed by atoms with Gasteiger partial charge in [0.2, 0.25) is 0 Å². The lowest BCUT2D eigenvalue weighted by Crippen LogP contribution is -2.35. The first-order valence-corrected chi connectivity index (χ1v) is 8.59. The van der Waals surface area contributed by atoms with Gasteiger partial charge in [-0.05, 0) is 19.3 Å². The van der Waals surface area contributed by atoms with Crippen LogP contribution in [0.4, 0.5) is 0 Å². The zero-order valence-corrected chi connectivity index (χ0v) is 14.1. The molecule has 0 radical (unpaired) electrons. The minimum Gasteiger partial charge on any atom is -0.445 e. The Hall–Kier alpha value is -1.69. The summed E-state index contributed by atoms with van der Waals surface area (Å²) in [5.41, 5.74) is 3.44. The van der Waals surface area contributed by atoms with E-state index in [0.717, 1.165) is 47.2 Å². The van der Waals surface area contributed by atoms with Crippen molar-refractivity contribution < 1.29 is 9.21 Å². The monoisotopic (exact) mass is 319 g/mol. The second kappa shape index (κ2) is 6.20. The summed E-state index contributed by atoms with van der Waals surface area (Å²) in [7, 11) is 0. The third-order valence-electron chi connectivity index (χ3n) is 3.93. The van der Waals surface area contributed by atoms with E-state index in [1.807, 2.05) is 11.8 Å². The number of rotatable bonds is 4. The van der Waals surface area contributed by atoms with E-state index in [1.54, 1.807) is 5.51 Å². The van der Waals surface area contributed by atoms with E-state index in [2.05, 4.69) is 23.8 Å². The van der Waals surface area contributed by atoms with E-state index in [4.69, 9.17) is 4.42 Å². The Kier molecular flexibility index (Phi) is 4.29. The van der Waals surface area contributed by atoms with Gasteiger partial charge < -0.3 is 9.32 Å². The maximum absolute atomic E-state index is 12.6. The van der Waals surface area contributed by atoms with Crippen LogP contribution in [0.2, 0.25) is 0 Å². The minimum absolute atomic E-state index is 0.0531. The zero-order valence-electron chi connectivity index (χ0n) is 13.3. The summed E-state index contributed by atoms with van der Waals surface area (Å²) < 4.78 is 5.84. The molecule has 1 aliphatic rings. The highest BCUT2D eigenvalue weighted by Crippen LogP contribution is 2.24. The van der Waals surface area contributed by atoms with Crippen LogP contribution in [0.15, 0.2) is 9.93 Å². The number of hydrogen-bond acceptors (Lipinski definition) is 5. The molecular formula is C16H21N3O2S. The second-order valence-corrected chi connectivity index (χ2v) is 7.01. The molecule has 0 spiro atoms. The van der Waals surface area contributed by atoms with Crippen LogP contribution in [0.5, 0.6) is 0 Å². The van der Waals surface area contributed by atoms with Crippen LogP contribution in [-0.4, -0.2) is 27.3 Å². The highest BCUT2D eigenvalue weighted by molar-refractivity contribution is 7.11. The Morgan fingerprint density at radius 1 is 1.50 bits per heavy atom. The van der Waals surface area contributed by atoms with Crippen LogP contribution in [0.1, 0.15) is 53.0 Å². The molecule has 0 unspecified atom stereocenters. The number of carbonyl (C=O) groups excluding carboxylic acids is 1. The molecule has 0 atom stereocenters. The molecule has 0 aromatic carbocycles. The number of thiazole rings is 1. The van der Waals surface area contributed by atoms with Crippen LogP contribution in [0.25, 0.3) is 0 Å². The largest absolute Gasteiger partial charge is 0.445 e. The molecule has 1 amide bonds. The Balaban J connectivity index is 1.71. The minimum atomic E-state index is 0.0531. The summed E-state index contributed by atoms with van der Waals surface area (Å²) in [6.07, 6.45) is 2.68. The van der Waals surface area contributed by atoms with Gasteiger partial charge in [0.1, 0.15) is 16.3 Å². The Bertz CT molecular complexity index is 675. The second-order valence-electron chi connectivity index (χ2n) is 6.15. The van der Waals surface area contributed by atoms with Crippen molar-refractivity contribution >= 4 is 17.2 Å². The smallest absolute Gasteiger partial charge is 0.266 e. The highest BCUT2D eigenvalue weighted by Gasteiger charge is 2.27. The normalized spacial score (nSPS) is 14.5. The van der Waals surface area contributed by atoms with Crippen molar-refractivity contribution in [2.75, 3.05) is 6.54 Å². The van der Waals surface area contributed by atoms with E-state index in [1.165, 1.54) is 11.3 Å². The predicted octanol–water partition coefficient (Wildman–Crippen LogP) is 3.23. The van der Waals surface area contributed by atoms with Crippen LogP contribution >= 0.6 is 11.3 Å². The lowest BCUT2D eigenvalue weighted by molar-refractivity contribution is 0.0732. The van der Waals surface area contributed by atoms with Gasteiger partial charge in [0.15, 0.2) is 5.89 Å². The Labute approximate surface area is 134 Å². The molecule has 3 heterocycles. The lowest BCUT2D eigenvalue weighted by Gasteiger charge is -2.24. The topological polar surface area (TPSA) is 59.2 Å². The fourth-order valence-electron chi connectivity index (χ4n) is 2.60. The fraction of sp³-hybridized carbons (Fsp3) is 0.562. The lowest BCUT2D eigenvalue weighted by atomic mass is 10.1. The molecule has 0 fully saturated rings. The Morgan fingerprint density at radius 3 is 3.00 bits per heavy atom. The first-order chi connectivity index (χ1) is 10.5. The van der Waals surface area contributed by atoms with Crippen molar-refractivity contribution in [3.05, 3.63) is 33.4 Å². The van der Waals surface area contributed by atoms with Gasteiger partial charge >= 0.3 is 0 Å². The molecule has 0 aliphatic carbocycles. The summed E-state index contributed by atoms with van der Waals surface area (Å²) in [6, 6.07) is 0. The molecule has 0 saturated carbocycles. The van der Waals surface area contributed by atoms with Crippen LogP contribution < -0.4 is 0 Å². The standard InChI is InChI=1S/C16H21N3O2S/c1-10(2)4-5-14-18-12-8-19(7-6-13(12)21-14)16(20)15-11(3)17-9-22-15/h9-10H,4-8H2,1-3H3. The van der Waals surface area contributed by atoms with Gasteiger partial charge in [-0.25, -0.2) is 9.97 Å². The van der Waals surface area contributed by atoms with E-state index >= 15 is 0 Å². The maximum Gasteiger partial charge on any atom is 0.266 e. The van der Waals surface area contributed by atoms with Crippen molar-refractivity contribution in [3.63, 3.8) is 0 Å².